The summed E-state index contributed by atoms with van der Waals surface area (Å²) >= 11 is 7.81. The van der Waals surface area contributed by atoms with Crippen LogP contribution in [0.1, 0.15) is 20.3 Å². The number of rotatable bonds is 10. The molecule has 1 rings (SSSR count). The zero-order valence-corrected chi connectivity index (χ0v) is 13.7. The normalized spacial score (nSPS) is 14.0. The number of hydrogen-bond acceptors (Lipinski definition) is 4. The second-order valence-corrected chi connectivity index (χ2v) is 6.55. The van der Waals surface area contributed by atoms with Gasteiger partial charge in [0.2, 0.25) is 0 Å². The Hall–Kier alpha value is -0.420. The minimum Gasteiger partial charge on any atom is -0.491 e. The van der Waals surface area contributed by atoms with Crippen molar-refractivity contribution in [2.75, 3.05) is 24.7 Å². The number of hydrogen-bond donors (Lipinski definition) is 2. The highest BCUT2D eigenvalue weighted by molar-refractivity contribution is 7.99. The number of aliphatic hydroxyl groups excluding tert-OH is 1. The molecule has 0 aliphatic rings. The average molecular weight is 318 g/mol. The summed E-state index contributed by atoms with van der Waals surface area (Å²) in [5.41, 5.74) is 0. The van der Waals surface area contributed by atoms with Gasteiger partial charge in [0.05, 0.1) is 0 Å². The van der Waals surface area contributed by atoms with Crippen LogP contribution in [-0.4, -0.2) is 41.9 Å². The van der Waals surface area contributed by atoms with Crippen LogP contribution in [0.2, 0.25) is 5.02 Å². The van der Waals surface area contributed by atoms with Crippen LogP contribution >= 0.6 is 23.4 Å². The summed E-state index contributed by atoms with van der Waals surface area (Å²) in [5.74, 6) is 2.99. The summed E-state index contributed by atoms with van der Waals surface area (Å²) in [6.07, 6.45) is 0.593. The van der Waals surface area contributed by atoms with Crippen molar-refractivity contribution in [2.24, 2.45) is 0 Å². The van der Waals surface area contributed by atoms with E-state index in [0.29, 0.717) is 23.4 Å². The predicted octanol–water partition coefficient (Wildman–Crippen LogP) is 3.20. The quantitative estimate of drug-likeness (QED) is 0.650. The molecule has 0 heterocycles. The van der Waals surface area contributed by atoms with E-state index < -0.39 is 6.10 Å². The Kier molecular flexibility index (Phi) is 9.10. The van der Waals surface area contributed by atoms with Crippen LogP contribution in [0.25, 0.3) is 0 Å². The predicted molar refractivity (Wildman–Crippen MR) is 88.0 cm³/mol. The molecule has 0 saturated heterocycles. The minimum atomic E-state index is -0.518. The fourth-order valence-electron chi connectivity index (χ4n) is 1.65. The lowest BCUT2D eigenvalue weighted by Crippen LogP contribution is -2.36. The first-order valence-corrected chi connectivity index (χ1v) is 8.52. The third kappa shape index (κ3) is 8.00. The zero-order valence-electron chi connectivity index (χ0n) is 12.1. The fraction of sp³-hybridized carbons (Fsp3) is 0.600. The molecule has 0 amide bonds. The van der Waals surface area contributed by atoms with Crippen LogP contribution in [0, 0.1) is 0 Å². The van der Waals surface area contributed by atoms with Crippen molar-refractivity contribution in [1.29, 1.82) is 0 Å². The summed E-state index contributed by atoms with van der Waals surface area (Å²) in [4.78, 5) is 0. The largest absolute Gasteiger partial charge is 0.491 e. The van der Waals surface area contributed by atoms with Gasteiger partial charge in [0.1, 0.15) is 18.5 Å². The van der Waals surface area contributed by atoms with E-state index in [4.69, 9.17) is 16.3 Å². The van der Waals surface area contributed by atoms with E-state index >= 15 is 0 Å². The van der Waals surface area contributed by atoms with Gasteiger partial charge in [0, 0.05) is 17.6 Å². The molecule has 1 aromatic rings. The fourth-order valence-corrected chi connectivity index (χ4v) is 2.64. The molecule has 5 heteroatoms. The van der Waals surface area contributed by atoms with E-state index in [1.54, 1.807) is 12.1 Å². The Morgan fingerprint density at radius 1 is 1.45 bits per heavy atom. The van der Waals surface area contributed by atoms with Gasteiger partial charge < -0.3 is 15.2 Å². The average Bonchev–Trinajstić information content (AvgIpc) is 2.43. The van der Waals surface area contributed by atoms with Gasteiger partial charge in [-0.2, -0.15) is 11.8 Å². The van der Waals surface area contributed by atoms with Gasteiger partial charge in [-0.3, -0.25) is 0 Å². The maximum Gasteiger partial charge on any atom is 0.120 e. The van der Waals surface area contributed by atoms with E-state index in [9.17, 15) is 5.11 Å². The second kappa shape index (κ2) is 10.3. The SMILES string of the molecule is CCSCCC(C)NCC(O)COc1cccc(Cl)c1. The standard InChI is InChI=1S/C15H24ClNO2S/c1-3-20-8-7-12(2)17-10-14(18)11-19-15-6-4-5-13(16)9-15/h4-6,9,12,14,17-18H,3,7-8,10-11H2,1-2H3. The van der Waals surface area contributed by atoms with E-state index in [0.717, 1.165) is 17.9 Å². The highest BCUT2D eigenvalue weighted by atomic mass is 35.5. The summed E-state index contributed by atoms with van der Waals surface area (Å²) in [7, 11) is 0. The maximum atomic E-state index is 9.87. The molecule has 0 fully saturated rings. The maximum absolute atomic E-state index is 9.87. The highest BCUT2D eigenvalue weighted by Crippen LogP contribution is 2.17. The molecule has 0 aromatic heterocycles. The molecule has 1 aromatic carbocycles. The zero-order chi connectivity index (χ0) is 14.8. The van der Waals surface area contributed by atoms with Gasteiger partial charge in [-0.1, -0.05) is 24.6 Å². The van der Waals surface area contributed by atoms with Gasteiger partial charge in [0.25, 0.3) is 0 Å². The number of thioether (sulfide) groups is 1. The van der Waals surface area contributed by atoms with Crippen LogP contribution in [0.3, 0.4) is 0 Å². The third-order valence-corrected chi connectivity index (χ3v) is 4.01. The minimum absolute atomic E-state index is 0.268. The number of halogens is 1. The lowest BCUT2D eigenvalue weighted by atomic mass is 10.2. The summed E-state index contributed by atoms with van der Waals surface area (Å²) in [6.45, 7) is 5.11. The monoisotopic (exact) mass is 317 g/mol. The van der Waals surface area contributed by atoms with Crippen LogP contribution < -0.4 is 10.1 Å². The Morgan fingerprint density at radius 2 is 2.25 bits per heavy atom. The van der Waals surface area contributed by atoms with E-state index in [2.05, 4.69) is 19.2 Å². The van der Waals surface area contributed by atoms with Crippen molar-refractivity contribution in [2.45, 2.75) is 32.4 Å². The van der Waals surface area contributed by atoms with Gasteiger partial charge >= 0.3 is 0 Å². The first-order valence-electron chi connectivity index (χ1n) is 6.99. The first kappa shape index (κ1) is 17.6. The van der Waals surface area contributed by atoms with Crippen molar-refractivity contribution in [3.05, 3.63) is 29.3 Å². The molecule has 0 radical (unpaired) electrons. The molecule has 2 N–H and O–H groups in total. The Bertz CT molecular complexity index is 379. The van der Waals surface area contributed by atoms with Crippen molar-refractivity contribution in [3.8, 4) is 5.75 Å². The van der Waals surface area contributed by atoms with Gasteiger partial charge in [0.15, 0.2) is 0 Å². The van der Waals surface area contributed by atoms with Gasteiger partial charge in [-0.05, 0) is 43.0 Å². The molecule has 114 valence electrons. The van der Waals surface area contributed by atoms with Crippen LogP contribution in [0.4, 0.5) is 0 Å². The van der Waals surface area contributed by atoms with Crippen molar-refractivity contribution in [3.63, 3.8) is 0 Å². The highest BCUT2D eigenvalue weighted by Gasteiger charge is 2.08. The van der Waals surface area contributed by atoms with E-state index in [-0.39, 0.29) is 6.61 Å². The first-order chi connectivity index (χ1) is 9.61. The van der Waals surface area contributed by atoms with Crippen molar-refractivity contribution in [1.82, 2.24) is 5.32 Å². The molecule has 0 saturated carbocycles. The van der Waals surface area contributed by atoms with Gasteiger partial charge in [-0.25, -0.2) is 0 Å². The number of nitrogens with one attached hydrogen (secondary N) is 1. The molecule has 3 nitrogen and oxygen atoms in total. The molecular weight excluding hydrogens is 294 g/mol. The summed E-state index contributed by atoms with van der Waals surface area (Å²) in [6, 6.07) is 7.61. The van der Waals surface area contributed by atoms with Crippen LogP contribution in [-0.2, 0) is 0 Å². The number of benzene rings is 1. The van der Waals surface area contributed by atoms with Crippen molar-refractivity contribution >= 4 is 23.4 Å². The number of aliphatic hydroxyl groups is 1. The Balaban J connectivity index is 2.15. The molecular formula is C15H24ClNO2S. The molecule has 2 atom stereocenters. The van der Waals surface area contributed by atoms with Crippen LogP contribution in [0.15, 0.2) is 24.3 Å². The smallest absolute Gasteiger partial charge is 0.120 e. The summed E-state index contributed by atoms with van der Waals surface area (Å²) in [5, 5.41) is 13.8. The van der Waals surface area contributed by atoms with Crippen molar-refractivity contribution < 1.29 is 9.84 Å². The molecule has 0 bridgehead atoms. The number of ether oxygens (including phenoxy) is 1. The molecule has 0 spiro atoms. The second-order valence-electron chi connectivity index (χ2n) is 4.72. The topological polar surface area (TPSA) is 41.5 Å². The Morgan fingerprint density at radius 3 is 2.95 bits per heavy atom. The lowest BCUT2D eigenvalue weighted by molar-refractivity contribution is 0.104. The van der Waals surface area contributed by atoms with E-state index in [1.165, 1.54) is 0 Å². The molecule has 0 aliphatic carbocycles. The van der Waals surface area contributed by atoms with Crippen LogP contribution in [0.5, 0.6) is 5.75 Å². The van der Waals surface area contributed by atoms with Gasteiger partial charge in [-0.15, -0.1) is 0 Å². The Labute approximate surface area is 131 Å². The molecule has 2 unspecified atom stereocenters. The molecule has 20 heavy (non-hydrogen) atoms. The third-order valence-electron chi connectivity index (χ3n) is 2.84. The lowest BCUT2D eigenvalue weighted by Gasteiger charge is -2.17. The van der Waals surface area contributed by atoms with E-state index in [1.807, 2.05) is 23.9 Å². The summed E-state index contributed by atoms with van der Waals surface area (Å²) < 4.78 is 5.50. The molecule has 0 aliphatic heterocycles.